The lowest BCUT2D eigenvalue weighted by Gasteiger charge is -2.07. The maximum atomic E-state index is 12.2. The van der Waals surface area contributed by atoms with Gasteiger partial charge in [0.1, 0.15) is 11.3 Å². The predicted octanol–water partition coefficient (Wildman–Crippen LogP) is 4.75. The van der Waals surface area contributed by atoms with E-state index in [9.17, 15) is 4.79 Å². The molecule has 0 aliphatic rings. The molecule has 1 aromatic heterocycles. The van der Waals surface area contributed by atoms with Crippen molar-refractivity contribution in [2.24, 2.45) is 5.10 Å². The minimum absolute atomic E-state index is 0.209. The molecule has 0 fully saturated rings. The van der Waals surface area contributed by atoms with Crippen LogP contribution in [0.15, 0.2) is 62.5 Å². The van der Waals surface area contributed by atoms with Gasteiger partial charge in [0, 0.05) is 15.4 Å². The highest BCUT2D eigenvalue weighted by Crippen LogP contribution is 2.23. The Morgan fingerprint density at radius 1 is 1.28 bits per heavy atom. The molecule has 3 rings (SSSR count). The van der Waals surface area contributed by atoms with E-state index in [0.717, 1.165) is 27.6 Å². The molecular weight excluding hydrogens is 384 g/mol. The van der Waals surface area contributed by atoms with Crippen molar-refractivity contribution in [2.75, 3.05) is 6.61 Å². The van der Waals surface area contributed by atoms with E-state index in [2.05, 4.69) is 26.5 Å². The van der Waals surface area contributed by atoms with Crippen LogP contribution in [0.1, 0.15) is 29.5 Å². The van der Waals surface area contributed by atoms with E-state index in [-0.39, 0.29) is 5.76 Å². The van der Waals surface area contributed by atoms with Crippen molar-refractivity contribution in [2.45, 2.75) is 13.3 Å². The van der Waals surface area contributed by atoms with Crippen LogP contribution in [0.3, 0.4) is 0 Å². The molecule has 2 aromatic carbocycles. The standard InChI is InChI=1S/C19H17BrN2O3/c1-2-9-24-16-6-4-3-5-13(16)12-21-22-19(23)18-11-14-10-15(20)7-8-17(14)25-18/h3-8,10-12H,2,9H2,1H3,(H,22,23)/b21-12+. The summed E-state index contributed by atoms with van der Waals surface area (Å²) in [6.07, 6.45) is 2.48. The molecule has 5 nitrogen and oxygen atoms in total. The Hall–Kier alpha value is -2.60. The quantitative estimate of drug-likeness (QED) is 0.479. The van der Waals surface area contributed by atoms with Crippen molar-refractivity contribution in [3.05, 3.63) is 64.3 Å². The van der Waals surface area contributed by atoms with E-state index in [0.29, 0.717) is 12.2 Å². The summed E-state index contributed by atoms with van der Waals surface area (Å²) in [7, 11) is 0. The molecule has 0 bridgehead atoms. The monoisotopic (exact) mass is 400 g/mol. The highest BCUT2D eigenvalue weighted by Gasteiger charge is 2.11. The second-order valence-corrected chi connectivity index (χ2v) is 6.29. The van der Waals surface area contributed by atoms with Crippen LogP contribution < -0.4 is 10.2 Å². The Labute approximate surface area is 153 Å². The van der Waals surface area contributed by atoms with E-state index in [4.69, 9.17) is 9.15 Å². The Balaban J connectivity index is 1.70. The van der Waals surface area contributed by atoms with E-state index < -0.39 is 5.91 Å². The van der Waals surface area contributed by atoms with Crippen LogP contribution in [0.2, 0.25) is 0 Å². The summed E-state index contributed by atoms with van der Waals surface area (Å²) in [5.41, 5.74) is 3.92. The minimum atomic E-state index is -0.407. The van der Waals surface area contributed by atoms with Crippen molar-refractivity contribution in [1.82, 2.24) is 5.43 Å². The van der Waals surface area contributed by atoms with Gasteiger partial charge in [-0.25, -0.2) is 5.43 Å². The highest BCUT2D eigenvalue weighted by atomic mass is 79.9. The summed E-state index contributed by atoms with van der Waals surface area (Å²) < 4.78 is 12.1. The third-order valence-corrected chi connectivity index (χ3v) is 3.95. The minimum Gasteiger partial charge on any atom is -0.493 e. The van der Waals surface area contributed by atoms with Gasteiger partial charge >= 0.3 is 5.91 Å². The zero-order valence-corrected chi connectivity index (χ0v) is 15.2. The van der Waals surface area contributed by atoms with Crippen molar-refractivity contribution in [1.29, 1.82) is 0 Å². The number of para-hydroxylation sites is 1. The lowest BCUT2D eigenvalue weighted by molar-refractivity contribution is 0.0929. The average molecular weight is 401 g/mol. The first-order chi connectivity index (χ1) is 12.2. The van der Waals surface area contributed by atoms with Gasteiger partial charge in [-0.3, -0.25) is 4.79 Å². The molecule has 0 spiro atoms. The lowest BCUT2D eigenvalue weighted by Crippen LogP contribution is -2.16. The first-order valence-electron chi connectivity index (χ1n) is 7.91. The van der Waals surface area contributed by atoms with Gasteiger partial charge < -0.3 is 9.15 Å². The van der Waals surface area contributed by atoms with Gasteiger partial charge in [-0.05, 0) is 42.8 Å². The molecule has 6 heteroatoms. The molecule has 0 atom stereocenters. The van der Waals surface area contributed by atoms with Crippen molar-refractivity contribution in [3.8, 4) is 5.75 Å². The zero-order chi connectivity index (χ0) is 17.6. The Morgan fingerprint density at radius 2 is 2.12 bits per heavy atom. The predicted molar refractivity (Wildman–Crippen MR) is 101 cm³/mol. The lowest BCUT2D eigenvalue weighted by atomic mass is 10.2. The number of hydrazone groups is 1. The number of nitrogens with one attached hydrogen (secondary N) is 1. The van der Waals surface area contributed by atoms with Gasteiger partial charge in [0.15, 0.2) is 5.76 Å². The van der Waals surface area contributed by atoms with Gasteiger partial charge in [0.05, 0.1) is 12.8 Å². The topological polar surface area (TPSA) is 63.8 Å². The first-order valence-corrected chi connectivity index (χ1v) is 8.71. The molecule has 0 unspecified atom stereocenters. The van der Waals surface area contributed by atoms with Gasteiger partial charge in [-0.15, -0.1) is 0 Å². The van der Waals surface area contributed by atoms with Crippen LogP contribution in [0, 0.1) is 0 Å². The molecule has 0 aliphatic carbocycles. The SMILES string of the molecule is CCCOc1ccccc1/C=N/NC(=O)c1cc2cc(Br)ccc2o1. The first kappa shape index (κ1) is 17.2. The smallest absolute Gasteiger partial charge is 0.307 e. The number of carbonyl (C=O) groups is 1. The van der Waals surface area contributed by atoms with Crippen LogP contribution in [-0.2, 0) is 0 Å². The number of nitrogens with zero attached hydrogens (tertiary/aromatic N) is 1. The third kappa shape index (κ3) is 4.28. The van der Waals surface area contributed by atoms with Crippen LogP contribution in [0.25, 0.3) is 11.0 Å². The van der Waals surface area contributed by atoms with Crippen molar-refractivity contribution >= 4 is 39.0 Å². The van der Waals surface area contributed by atoms with Gasteiger partial charge in [-0.2, -0.15) is 5.10 Å². The summed E-state index contributed by atoms with van der Waals surface area (Å²) >= 11 is 3.39. The number of furan rings is 1. The van der Waals surface area contributed by atoms with Gasteiger partial charge in [-0.1, -0.05) is 35.0 Å². The van der Waals surface area contributed by atoms with E-state index in [1.807, 2.05) is 43.3 Å². The Bertz CT molecular complexity index is 918. The second-order valence-electron chi connectivity index (χ2n) is 5.38. The molecule has 0 saturated carbocycles. The second kappa shape index (κ2) is 7.98. The molecule has 0 saturated heterocycles. The van der Waals surface area contributed by atoms with Crippen LogP contribution >= 0.6 is 15.9 Å². The molecule has 1 amide bonds. The summed E-state index contributed by atoms with van der Waals surface area (Å²) in [6, 6.07) is 14.8. The molecule has 0 aliphatic heterocycles. The number of benzene rings is 2. The summed E-state index contributed by atoms with van der Waals surface area (Å²) in [6.45, 7) is 2.68. The maximum Gasteiger partial charge on any atom is 0.307 e. The molecule has 25 heavy (non-hydrogen) atoms. The molecule has 1 N–H and O–H groups in total. The van der Waals surface area contributed by atoms with Crippen LogP contribution in [-0.4, -0.2) is 18.7 Å². The van der Waals surface area contributed by atoms with Crippen molar-refractivity contribution < 1.29 is 13.9 Å². The Morgan fingerprint density at radius 3 is 2.96 bits per heavy atom. The summed E-state index contributed by atoms with van der Waals surface area (Å²) in [5, 5.41) is 4.85. The molecule has 3 aromatic rings. The average Bonchev–Trinajstić information content (AvgIpc) is 3.04. The van der Waals surface area contributed by atoms with Crippen molar-refractivity contribution in [3.63, 3.8) is 0 Å². The van der Waals surface area contributed by atoms with Crippen LogP contribution in [0.5, 0.6) is 5.75 Å². The number of hydrogen-bond donors (Lipinski definition) is 1. The fraction of sp³-hybridized carbons (Fsp3) is 0.158. The fourth-order valence-corrected chi connectivity index (χ4v) is 2.65. The fourth-order valence-electron chi connectivity index (χ4n) is 2.27. The number of carbonyl (C=O) groups excluding carboxylic acids is 1. The van der Waals surface area contributed by atoms with Crippen LogP contribution in [0.4, 0.5) is 0 Å². The number of amides is 1. The maximum absolute atomic E-state index is 12.2. The molecule has 0 radical (unpaired) electrons. The van der Waals surface area contributed by atoms with E-state index in [1.165, 1.54) is 0 Å². The Kier molecular flexibility index (Phi) is 5.50. The summed E-state index contributed by atoms with van der Waals surface area (Å²) in [5.74, 6) is 0.534. The molecule has 128 valence electrons. The number of halogens is 1. The largest absolute Gasteiger partial charge is 0.493 e. The van der Waals surface area contributed by atoms with E-state index in [1.54, 1.807) is 18.3 Å². The number of hydrogen-bond acceptors (Lipinski definition) is 4. The highest BCUT2D eigenvalue weighted by molar-refractivity contribution is 9.10. The molecule has 1 heterocycles. The number of rotatable bonds is 6. The number of fused-ring (bicyclic) bond motifs is 1. The van der Waals surface area contributed by atoms with E-state index >= 15 is 0 Å². The molecular formula is C19H17BrN2O3. The zero-order valence-electron chi connectivity index (χ0n) is 13.7. The summed E-state index contributed by atoms with van der Waals surface area (Å²) in [4.78, 5) is 12.2. The van der Waals surface area contributed by atoms with Gasteiger partial charge in [0.25, 0.3) is 0 Å². The third-order valence-electron chi connectivity index (χ3n) is 3.45. The normalized spacial score (nSPS) is 11.1. The van der Waals surface area contributed by atoms with Gasteiger partial charge in [0.2, 0.25) is 0 Å². The number of ether oxygens (including phenoxy) is 1.